The van der Waals surface area contributed by atoms with Gasteiger partial charge in [-0.3, -0.25) is 0 Å². The third-order valence-electron chi connectivity index (χ3n) is 2.56. The number of thioether (sulfide) groups is 1. The van der Waals surface area contributed by atoms with E-state index < -0.39 is 0 Å². The van der Waals surface area contributed by atoms with E-state index in [0.717, 1.165) is 22.8 Å². The molecule has 94 valence electrons. The Labute approximate surface area is 116 Å². The highest BCUT2D eigenvalue weighted by atomic mass is 35.5. The highest BCUT2D eigenvalue weighted by Crippen LogP contribution is 2.28. The summed E-state index contributed by atoms with van der Waals surface area (Å²) in [5, 5.41) is 0.672. The predicted octanol–water partition coefficient (Wildman–Crippen LogP) is 4.22. The van der Waals surface area contributed by atoms with E-state index in [9.17, 15) is 0 Å². The number of halogens is 1. The van der Waals surface area contributed by atoms with Crippen molar-refractivity contribution in [3.8, 4) is 5.75 Å². The van der Waals surface area contributed by atoms with E-state index >= 15 is 0 Å². The fourth-order valence-electron chi connectivity index (χ4n) is 1.53. The van der Waals surface area contributed by atoms with E-state index in [1.165, 1.54) is 4.90 Å². The highest BCUT2D eigenvalue weighted by Gasteiger charge is 2.02. The van der Waals surface area contributed by atoms with Crippen LogP contribution in [0.1, 0.15) is 5.56 Å². The number of hydrogen-bond donors (Lipinski definition) is 1. The van der Waals surface area contributed by atoms with E-state index in [-0.39, 0.29) is 0 Å². The van der Waals surface area contributed by atoms with Crippen LogP contribution < -0.4 is 10.5 Å². The van der Waals surface area contributed by atoms with Crippen molar-refractivity contribution >= 4 is 29.1 Å². The summed E-state index contributed by atoms with van der Waals surface area (Å²) >= 11 is 7.60. The Morgan fingerprint density at radius 1 is 1.17 bits per heavy atom. The molecule has 0 unspecified atom stereocenters. The van der Waals surface area contributed by atoms with Gasteiger partial charge >= 0.3 is 0 Å². The Balaban J connectivity index is 2.02. The van der Waals surface area contributed by atoms with Crippen LogP contribution in [-0.4, -0.2) is 7.11 Å². The minimum Gasteiger partial charge on any atom is -0.497 e. The van der Waals surface area contributed by atoms with Crippen molar-refractivity contribution in [1.82, 2.24) is 0 Å². The second-order valence-electron chi connectivity index (χ2n) is 3.81. The zero-order valence-corrected chi connectivity index (χ0v) is 11.6. The lowest BCUT2D eigenvalue weighted by Crippen LogP contribution is -1.92. The number of rotatable bonds is 4. The summed E-state index contributed by atoms with van der Waals surface area (Å²) in [4.78, 5) is 1.19. The maximum Gasteiger partial charge on any atom is 0.118 e. The summed E-state index contributed by atoms with van der Waals surface area (Å²) in [5.74, 6) is 1.69. The minimum absolute atomic E-state index is 0.672. The van der Waals surface area contributed by atoms with Crippen molar-refractivity contribution in [3.05, 3.63) is 53.1 Å². The van der Waals surface area contributed by atoms with Gasteiger partial charge in [-0.2, -0.15) is 0 Å². The lowest BCUT2D eigenvalue weighted by Gasteiger charge is -2.06. The normalized spacial score (nSPS) is 10.3. The van der Waals surface area contributed by atoms with Crippen LogP contribution in [0.3, 0.4) is 0 Å². The fraction of sp³-hybridized carbons (Fsp3) is 0.143. The van der Waals surface area contributed by atoms with Crippen molar-refractivity contribution in [3.63, 3.8) is 0 Å². The first-order valence-electron chi connectivity index (χ1n) is 5.50. The van der Waals surface area contributed by atoms with Crippen LogP contribution in [0.4, 0.5) is 5.69 Å². The molecule has 0 aliphatic carbocycles. The third kappa shape index (κ3) is 3.34. The zero-order valence-electron chi connectivity index (χ0n) is 10.0. The van der Waals surface area contributed by atoms with Gasteiger partial charge < -0.3 is 10.5 Å². The Bertz CT molecular complexity index is 528. The molecule has 0 radical (unpaired) electrons. The molecule has 2 aromatic carbocycles. The van der Waals surface area contributed by atoms with Gasteiger partial charge in [0, 0.05) is 21.4 Å². The molecule has 0 atom stereocenters. The molecule has 2 nitrogen and oxygen atoms in total. The second kappa shape index (κ2) is 6.03. The maximum absolute atomic E-state index is 5.91. The van der Waals surface area contributed by atoms with Crippen LogP contribution in [0, 0.1) is 0 Å². The minimum atomic E-state index is 0.672. The molecule has 0 spiro atoms. The number of anilines is 1. The molecule has 18 heavy (non-hydrogen) atoms. The first-order valence-corrected chi connectivity index (χ1v) is 6.86. The maximum atomic E-state index is 5.91. The lowest BCUT2D eigenvalue weighted by atomic mass is 10.2. The number of benzene rings is 2. The Morgan fingerprint density at radius 2 is 1.89 bits per heavy atom. The number of nitrogens with two attached hydrogens (primary N) is 1. The summed E-state index contributed by atoms with van der Waals surface area (Å²) in [6, 6.07) is 13.6. The van der Waals surface area contributed by atoms with Crippen molar-refractivity contribution in [1.29, 1.82) is 0 Å². The van der Waals surface area contributed by atoms with Gasteiger partial charge in [0.15, 0.2) is 0 Å². The summed E-state index contributed by atoms with van der Waals surface area (Å²) in [6.45, 7) is 0. The lowest BCUT2D eigenvalue weighted by molar-refractivity contribution is 0.414. The molecule has 0 fully saturated rings. The van der Waals surface area contributed by atoms with E-state index in [4.69, 9.17) is 22.1 Å². The van der Waals surface area contributed by atoms with E-state index in [1.807, 2.05) is 36.4 Å². The van der Waals surface area contributed by atoms with Crippen molar-refractivity contribution in [2.75, 3.05) is 12.8 Å². The molecule has 0 aromatic heterocycles. The Morgan fingerprint density at radius 3 is 2.50 bits per heavy atom. The van der Waals surface area contributed by atoms with Crippen LogP contribution in [-0.2, 0) is 5.75 Å². The van der Waals surface area contributed by atoms with E-state index in [0.29, 0.717) is 5.02 Å². The Hall–Kier alpha value is -1.32. The average Bonchev–Trinajstić information content (AvgIpc) is 2.38. The van der Waals surface area contributed by atoms with Crippen molar-refractivity contribution in [2.24, 2.45) is 0 Å². The zero-order chi connectivity index (χ0) is 13.0. The monoisotopic (exact) mass is 279 g/mol. The number of ether oxygens (including phenoxy) is 1. The predicted molar refractivity (Wildman–Crippen MR) is 78.4 cm³/mol. The van der Waals surface area contributed by atoms with Crippen LogP contribution in [0.15, 0.2) is 47.4 Å². The summed E-state index contributed by atoms with van der Waals surface area (Å²) in [7, 11) is 1.66. The SMILES string of the molecule is COc1ccc(SCc2ccc(Cl)cc2N)cc1. The van der Waals surface area contributed by atoms with Gasteiger partial charge in [0.05, 0.1) is 7.11 Å². The molecular weight excluding hydrogens is 266 g/mol. The molecule has 0 bridgehead atoms. The first-order chi connectivity index (χ1) is 8.69. The van der Waals surface area contributed by atoms with Gasteiger partial charge in [0.1, 0.15) is 5.75 Å². The van der Waals surface area contributed by atoms with Crippen molar-refractivity contribution < 1.29 is 4.74 Å². The van der Waals surface area contributed by atoms with E-state index in [2.05, 4.69) is 0 Å². The molecule has 0 aliphatic rings. The quantitative estimate of drug-likeness (QED) is 0.672. The van der Waals surface area contributed by atoms with Gasteiger partial charge in [-0.05, 0) is 42.0 Å². The fourth-order valence-corrected chi connectivity index (χ4v) is 2.62. The molecule has 4 heteroatoms. The molecule has 0 amide bonds. The molecule has 2 N–H and O–H groups in total. The standard InChI is InChI=1S/C14H14ClNOS/c1-17-12-4-6-13(7-5-12)18-9-10-2-3-11(15)8-14(10)16/h2-8H,9,16H2,1H3. The number of methoxy groups -OCH3 is 1. The summed E-state index contributed by atoms with van der Waals surface area (Å²) in [6.07, 6.45) is 0. The van der Waals surface area contributed by atoms with Gasteiger partial charge in [0.2, 0.25) is 0 Å². The smallest absolute Gasteiger partial charge is 0.118 e. The van der Waals surface area contributed by atoms with E-state index in [1.54, 1.807) is 24.9 Å². The topological polar surface area (TPSA) is 35.2 Å². The molecular formula is C14H14ClNOS. The van der Waals surface area contributed by atoms with Gasteiger partial charge in [-0.1, -0.05) is 17.7 Å². The first kappa shape index (κ1) is 13.1. The van der Waals surface area contributed by atoms with Gasteiger partial charge in [-0.25, -0.2) is 0 Å². The molecule has 0 saturated carbocycles. The number of hydrogen-bond acceptors (Lipinski definition) is 3. The third-order valence-corrected chi connectivity index (χ3v) is 3.86. The second-order valence-corrected chi connectivity index (χ2v) is 5.29. The van der Waals surface area contributed by atoms with Crippen molar-refractivity contribution in [2.45, 2.75) is 10.6 Å². The largest absolute Gasteiger partial charge is 0.497 e. The Kier molecular flexibility index (Phi) is 4.39. The molecule has 2 aromatic rings. The average molecular weight is 280 g/mol. The molecule has 0 aliphatic heterocycles. The van der Waals surface area contributed by atoms with Crippen LogP contribution in [0.2, 0.25) is 5.02 Å². The highest BCUT2D eigenvalue weighted by molar-refractivity contribution is 7.98. The number of nitrogen functional groups attached to an aromatic ring is 1. The van der Waals surface area contributed by atoms with Crippen LogP contribution in [0.25, 0.3) is 0 Å². The van der Waals surface area contributed by atoms with Crippen LogP contribution in [0.5, 0.6) is 5.75 Å². The molecule has 0 heterocycles. The van der Waals surface area contributed by atoms with Gasteiger partial charge in [-0.15, -0.1) is 11.8 Å². The summed E-state index contributed by atoms with van der Waals surface area (Å²) < 4.78 is 5.12. The molecule has 2 rings (SSSR count). The van der Waals surface area contributed by atoms with Gasteiger partial charge in [0.25, 0.3) is 0 Å². The van der Waals surface area contributed by atoms with Crippen LogP contribution >= 0.6 is 23.4 Å². The molecule has 0 saturated heterocycles. The summed E-state index contributed by atoms with van der Waals surface area (Å²) in [5.41, 5.74) is 7.75.